The van der Waals surface area contributed by atoms with Crippen LogP contribution in [0.1, 0.15) is 62.8 Å². The molecule has 1 nitrogen and oxygen atoms in total. The minimum atomic E-state index is 0.797. The summed E-state index contributed by atoms with van der Waals surface area (Å²) in [5.74, 6) is 0.797. The third-order valence-electron chi connectivity index (χ3n) is 3.53. The molecule has 2 rings (SSSR count). The third kappa shape index (κ3) is 3.33. The highest BCUT2D eigenvalue weighted by Gasteiger charge is 2.12. The van der Waals surface area contributed by atoms with Gasteiger partial charge in [0.15, 0.2) is 0 Å². The van der Waals surface area contributed by atoms with Gasteiger partial charge in [-0.25, -0.2) is 0 Å². The fourth-order valence-electron chi connectivity index (χ4n) is 2.60. The molecule has 1 aliphatic carbocycles. The Kier molecular flexibility index (Phi) is 4.19. The Balaban J connectivity index is 1.99. The average molecular weight is 203 g/mol. The monoisotopic (exact) mass is 203 g/mol. The van der Waals surface area contributed by atoms with Crippen LogP contribution < -0.4 is 0 Å². The van der Waals surface area contributed by atoms with Crippen LogP contribution in [0.2, 0.25) is 0 Å². The summed E-state index contributed by atoms with van der Waals surface area (Å²) in [5, 5.41) is 0. The van der Waals surface area contributed by atoms with E-state index < -0.39 is 0 Å². The highest BCUT2D eigenvalue weighted by atomic mass is 14.6. The Morgan fingerprint density at radius 1 is 0.800 bits per heavy atom. The van der Waals surface area contributed by atoms with Crippen LogP contribution in [0.25, 0.3) is 0 Å². The van der Waals surface area contributed by atoms with Gasteiger partial charge in [0, 0.05) is 12.4 Å². The first kappa shape index (κ1) is 10.7. The van der Waals surface area contributed by atoms with Gasteiger partial charge in [0.05, 0.1) is 0 Å². The van der Waals surface area contributed by atoms with E-state index in [0.29, 0.717) is 0 Å². The molecule has 0 N–H and O–H groups in total. The summed E-state index contributed by atoms with van der Waals surface area (Å²) in [5.41, 5.74) is 1.51. The lowest BCUT2D eigenvalue weighted by molar-refractivity contribution is 0.539. The minimum absolute atomic E-state index is 0.797. The Hall–Kier alpha value is -0.850. The molecule has 0 spiro atoms. The van der Waals surface area contributed by atoms with Crippen molar-refractivity contribution in [2.24, 2.45) is 0 Å². The van der Waals surface area contributed by atoms with Gasteiger partial charge in [0.25, 0.3) is 0 Å². The van der Waals surface area contributed by atoms with Crippen LogP contribution in [-0.2, 0) is 0 Å². The summed E-state index contributed by atoms with van der Waals surface area (Å²) in [4.78, 5) is 4.10. The zero-order chi connectivity index (χ0) is 10.3. The summed E-state index contributed by atoms with van der Waals surface area (Å²) in [6, 6.07) is 4.39. The topological polar surface area (TPSA) is 12.9 Å². The highest BCUT2D eigenvalue weighted by molar-refractivity contribution is 5.15. The molecule has 82 valence electrons. The molecule has 1 aromatic heterocycles. The summed E-state index contributed by atoms with van der Waals surface area (Å²) in [6.07, 6.45) is 15.2. The molecule has 1 fully saturated rings. The number of hydrogen-bond donors (Lipinski definition) is 0. The lowest BCUT2D eigenvalue weighted by Crippen LogP contribution is -1.98. The normalized spacial score (nSPS) is 20.3. The molecule has 0 aromatic carbocycles. The molecule has 0 saturated heterocycles. The van der Waals surface area contributed by atoms with Crippen LogP contribution in [0.3, 0.4) is 0 Å². The van der Waals surface area contributed by atoms with E-state index in [-0.39, 0.29) is 0 Å². The van der Waals surface area contributed by atoms with E-state index in [1.165, 1.54) is 56.9 Å². The summed E-state index contributed by atoms with van der Waals surface area (Å²) in [6.45, 7) is 0. The molecule has 1 saturated carbocycles. The average Bonchev–Trinajstić information content (AvgIpc) is 2.43. The maximum absolute atomic E-state index is 4.10. The van der Waals surface area contributed by atoms with Gasteiger partial charge in [-0.3, -0.25) is 4.98 Å². The molecule has 1 aliphatic rings. The van der Waals surface area contributed by atoms with E-state index in [1.54, 1.807) is 0 Å². The van der Waals surface area contributed by atoms with E-state index in [1.807, 2.05) is 12.4 Å². The van der Waals surface area contributed by atoms with Gasteiger partial charge < -0.3 is 0 Å². The van der Waals surface area contributed by atoms with Gasteiger partial charge >= 0.3 is 0 Å². The molecular formula is C14H21N. The molecule has 0 radical (unpaired) electrons. The zero-order valence-electron chi connectivity index (χ0n) is 9.49. The quantitative estimate of drug-likeness (QED) is 0.663. The minimum Gasteiger partial charge on any atom is -0.265 e. The maximum Gasteiger partial charge on any atom is 0.0270 e. The molecular weight excluding hydrogens is 182 g/mol. The second kappa shape index (κ2) is 5.89. The van der Waals surface area contributed by atoms with E-state index in [0.717, 1.165) is 5.92 Å². The number of aromatic nitrogens is 1. The fourth-order valence-corrected chi connectivity index (χ4v) is 2.60. The molecule has 0 atom stereocenters. The van der Waals surface area contributed by atoms with Gasteiger partial charge in [-0.15, -0.1) is 0 Å². The van der Waals surface area contributed by atoms with Gasteiger partial charge in [-0.05, 0) is 36.5 Å². The molecule has 0 unspecified atom stereocenters. The predicted molar refractivity (Wildman–Crippen MR) is 63.9 cm³/mol. The SMILES string of the molecule is c1cc(C2CCCCCCCC2)ccn1. The summed E-state index contributed by atoms with van der Waals surface area (Å²) < 4.78 is 0. The van der Waals surface area contributed by atoms with E-state index in [9.17, 15) is 0 Å². The maximum atomic E-state index is 4.10. The van der Waals surface area contributed by atoms with Crippen LogP contribution in [0.5, 0.6) is 0 Å². The van der Waals surface area contributed by atoms with Gasteiger partial charge in [0.2, 0.25) is 0 Å². The Morgan fingerprint density at radius 3 is 1.93 bits per heavy atom. The van der Waals surface area contributed by atoms with Crippen LogP contribution in [-0.4, -0.2) is 4.98 Å². The first-order chi connectivity index (χ1) is 7.47. The Morgan fingerprint density at radius 2 is 1.33 bits per heavy atom. The largest absolute Gasteiger partial charge is 0.265 e. The van der Waals surface area contributed by atoms with Crippen molar-refractivity contribution in [1.29, 1.82) is 0 Å². The first-order valence-corrected chi connectivity index (χ1v) is 6.37. The van der Waals surface area contributed by atoms with Gasteiger partial charge in [0.1, 0.15) is 0 Å². The first-order valence-electron chi connectivity index (χ1n) is 6.37. The second-order valence-electron chi connectivity index (χ2n) is 4.68. The second-order valence-corrected chi connectivity index (χ2v) is 4.68. The number of pyridine rings is 1. The van der Waals surface area contributed by atoms with Crippen molar-refractivity contribution in [2.75, 3.05) is 0 Å². The van der Waals surface area contributed by atoms with Crippen LogP contribution >= 0.6 is 0 Å². The van der Waals surface area contributed by atoms with Gasteiger partial charge in [-0.2, -0.15) is 0 Å². The van der Waals surface area contributed by atoms with Crippen LogP contribution in [0.15, 0.2) is 24.5 Å². The molecule has 1 heterocycles. The van der Waals surface area contributed by atoms with Crippen LogP contribution in [0.4, 0.5) is 0 Å². The summed E-state index contributed by atoms with van der Waals surface area (Å²) >= 11 is 0. The van der Waals surface area contributed by atoms with Crippen molar-refractivity contribution in [3.05, 3.63) is 30.1 Å². The van der Waals surface area contributed by atoms with Crippen molar-refractivity contribution < 1.29 is 0 Å². The van der Waals surface area contributed by atoms with Crippen molar-refractivity contribution >= 4 is 0 Å². The Bertz CT molecular complexity index is 258. The summed E-state index contributed by atoms with van der Waals surface area (Å²) in [7, 11) is 0. The molecule has 15 heavy (non-hydrogen) atoms. The standard InChI is InChI=1S/C14H21N/c1-2-4-6-8-13(7-5-3-1)14-9-11-15-12-10-14/h9-13H,1-8H2. The number of nitrogens with zero attached hydrogens (tertiary/aromatic N) is 1. The van der Waals surface area contributed by atoms with E-state index in [4.69, 9.17) is 0 Å². The van der Waals surface area contributed by atoms with Crippen molar-refractivity contribution in [3.63, 3.8) is 0 Å². The molecule has 0 bridgehead atoms. The smallest absolute Gasteiger partial charge is 0.0270 e. The van der Waals surface area contributed by atoms with Gasteiger partial charge in [-0.1, -0.05) is 38.5 Å². The molecule has 1 heteroatoms. The zero-order valence-corrected chi connectivity index (χ0v) is 9.49. The number of rotatable bonds is 1. The van der Waals surface area contributed by atoms with E-state index >= 15 is 0 Å². The number of hydrogen-bond acceptors (Lipinski definition) is 1. The fraction of sp³-hybridized carbons (Fsp3) is 0.643. The third-order valence-corrected chi connectivity index (χ3v) is 3.53. The lowest BCUT2D eigenvalue weighted by atomic mass is 9.90. The van der Waals surface area contributed by atoms with Crippen LogP contribution in [0, 0.1) is 0 Å². The molecule has 0 aliphatic heterocycles. The van der Waals surface area contributed by atoms with Crippen molar-refractivity contribution in [3.8, 4) is 0 Å². The van der Waals surface area contributed by atoms with E-state index in [2.05, 4.69) is 17.1 Å². The lowest BCUT2D eigenvalue weighted by Gasteiger charge is -2.15. The van der Waals surface area contributed by atoms with Crippen molar-refractivity contribution in [1.82, 2.24) is 4.98 Å². The van der Waals surface area contributed by atoms with Crippen molar-refractivity contribution in [2.45, 2.75) is 57.3 Å². The molecule has 0 amide bonds. The Labute approximate surface area is 92.9 Å². The predicted octanol–water partition coefficient (Wildman–Crippen LogP) is 4.30. The molecule has 1 aromatic rings. The highest BCUT2D eigenvalue weighted by Crippen LogP contribution is 2.29.